The van der Waals surface area contributed by atoms with Crippen molar-refractivity contribution < 1.29 is 28.6 Å². The molecule has 2 saturated heterocycles. The molecule has 0 N–H and O–H groups in total. The molecule has 2 aliphatic rings. The van der Waals surface area contributed by atoms with Crippen molar-refractivity contribution in [3.05, 3.63) is 0 Å². The number of hydrogen-bond acceptors (Lipinski definition) is 7. The zero-order chi connectivity index (χ0) is 15.1. The summed E-state index contributed by atoms with van der Waals surface area (Å²) in [6, 6.07) is -0.669. The number of thioether (sulfide) groups is 1. The van der Waals surface area contributed by atoms with Crippen LogP contribution in [-0.2, 0) is 23.8 Å². The van der Waals surface area contributed by atoms with Gasteiger partial charge in [-0.15, -0.1) is 11.8 Å². The van der Waals surface area contributed by atoms with Crippen LogP contribution in [-0.4, -0.2) is 56.9 Å². The summed E-state index contributed by atoms with van der Waals surface area (Å²) in [5, 5.41) is -0.00262. The van der Waals surface area contributed by atoms with Gasteiger partial charge in [0.25, 0.3) is 0 Å². The first kappa shape index (κ1) is 15.7. The molecular formula is C11H14INO6S. The molecule has 3 atom stereocenters. The highest BCUT2D eigenvalue weighted by atomic mass is 127. The fourth-order valence-electron chi connectivity index (χ4n) is 2.22. The summed E-state index contributed by atoms with van der Waals surface area (Å²) in [4.78, 5) is 36.3. The van der Waals surface area contributed by atoms with Crippen molar-refractivity contribution >= 4 is 52.4 Å². The third kappa shape index (κ3) is 2.57. The van der Waals surface area contributed by atoms with Gasteiger partial charge in [-0.05, 0) is 13.8 Å². The van der Waals surface area contributed by atoms with E-state index in [0.29, 0.717) is 0 Å². The molecule has 2 aliphatic heterocycles. The fourth-order valence-corrected chi connectivity index (χ4v) is 4.87. The number of halogens is 1. The Hall–Kier alpha value is -0.710. The standard InChI is InChI=1S/C11H14INO6S/c1-11(2)6(9(15)18-4-19-10(16)17-3)13-7(14)5(12)8(13)20-11/h5-6,8H,4H2,1-3H3/t5-,6+,8-/m1/s1. The Bertz CT molecular complexity index is 456. The minimum atomic E-state index is -0.928. The number of rotatable bonds is 3. The summed E-state index contributed by atoms with van der Waals surface area (Å²) in [5.74, 6) is -0.643. The van der Waals surface area contributed by atoms with Crippen molar-refractivity contribution in [1.82, 2.24) is 4.90 Å². The number of esters is 1. The topological polar surface area (TPSA) is 82.1 Å². The summed E-state index contributed by atoms with van der Waals surface area (Å²) in [6.07, 6.45) is -0.928. The maximum atomic E-state index is 12.1. The van der Waals surface area contributed by atoms with E-state index in [1.54, 1.807) is 16.7 Å². The smallest absolute Gasteiger partial charge is 0.438 e. The van der Waals surface area contributed by atoms with Gasteiger partial charge in [-0.3, -0.25) is 4.79 Å². The van der Waals surface area contributed by atoms with Gasteiger partial charge in [-0.1, -0.05) is 22.6 Å². The number of β-lactam (4-membered cyclic amide) rings is 1. The Balaban J connectivity index is 1.98. The normalized spacial score (nSPS) is 30.3. The lowest BCUT2D eigenvalue weighted by Gasteiger charge is -2.41. The van der Waals surface area contributed by atoms with Gasteiger partial charge < -0.3 is 19.1 Å². The van der Waals surface area contributed by atoms with Crippen molar-refractivity contribution in [2.75, 3.05) is 13.9 Å². The second-order valence-corrected chi connectivity index (χ2v) is 7.95. The average molecular weight is 415 g/mol. The van der Waals surface area contributed by atoms with E-state index in [9.17, 15) is 14.4 Å². The molecule has 1 amide bonds. The number of hydrogen-bond donors (Lipinski definition) is 0. The average Bonchev–Trinajstić information content (AvgIpc) is 2.66. The third-order valence-corrected chi connectivity index (χ3v) is 6.42. The van der Waals surface area contributed by atoms with Crippen LogP contribution in [0.5, 0.6) is 0 Å². The minimum Gasteiger partial charge on any atom is -0.438 e. The van der Waals surface area contributed by atoms with Crippen LogP contribution >= 0.6 is 34.4 Å². The molecule has 0 aromatic heterocycles. The van der Waals surface area contributed by atoms with Crippen LogP contribution in [0.2, 0.25) is 0 Å². The maximum Gasteiger partial charge on any atom is 0.510 e. The summed E-state index contributed by atoms with van der Waals surface area (Å²) in [6.45, 7) is 3.25. The van der Waals surface area contributed by atoms with Gasteiger partial charge >= 0.3 is 12.1 Å². The summed E-state index contributed by atoms with van der Waals surface area (Å²) >= 11 is 3.65. The van der Waals surface area contributed by atoms with E-state index in [4.69, 9.17) is 4.74 Å². The van der Waals surface area contributed by atoms with Crippen molar-refractivity contribution in [3.8, 4) is 0 Å². The highest BCUT2D eigenvalue weighted by molar-refractivity contribution is 14.1. The Morgan fingerprint density at radius 1 is 1.40 bits per heavy atom. The predicted molar refractivity (Wildman–Crippen MR) is 78.3 cm³/mol. The van der Waals surface area contributed by atoms with E-state index < -0.39 is 29.7 Å². The van der Waals surface area contributed by atoms with Crippen LogP contribution in [0.3, 0.4) is 0 Å². The molecule has 2 fully saturated rings. The summed E-state index contributed by atoms with van der Waals surface area (Å²) in [5.41, 5.74) is 0. The van der Waals surface area contributed by atoms with Crippen molar-refractivity contribution in [1.29, 1.82) is 0 Å². The van der Waals surface area contributed by atoms with Crippen LogP contribution in [0.1, 0.15) is 13.8 Å². The quantitative estimate of drug-likeness (QED) is 0.225. The zero-order valence-electron chi connectivity index (χ0n) is 11.1. The monoisotopic (exact) mass is 415 g/mol. The molecule has 0 aromatic carbocycles. The van der Waals surface area contributed by atoms with Crippen LogP contribution in [0.15, 0.2) is 0 Å². The second-order valence-electron chi connectivity index (χ2n) is 4.84. The molecule has 0 aliphatic carbocycles. The molecule has 0 aromatic rings. The van der Waals surface area contributed by atoms with Gasteiger partial charge in [-0.25, -0.2) is 9.59 Å². The first-order chi connectivity index (χ1) is 9.29. The van der Waals surface area contributed by atoms with Gasteiger partial charge in [0.2, 0.25) is 12.7 Å². The van der Waals surface area contributed by atoms with Crippen molar-refractivity contribution in [2.45, 2.75) is 33.9 Å². The number of amides is 1. The van der Waals surface area contributed by atoms with Crippen LogP contribution in [0, 0.1) is 0 Å². The van der Waals surface area contributed by atoms with E-state index in [1.165, 1.54) is 0 Å². The molecule has 7 nitrogen and oxygen atoms in total. The number of alkyl halides is 1. The van der Waals surface area contributed by atoms with E-state index >= 15 is 0 Å². The lowest BCUT2D eigenvalue weighted by Crippen LogP contribution is -2.63. The van der Waals surface area contributed by atoms with Crippen LogP contribution in [0.25, 0.3) is 0 Å². The summed E-state index contributed by atoms with van der Waals surface area (Å²) in [7, 11) is 1.16. The van der Waals surface area contributed by atoms with E-state index in [1.807, 2.05) is 13.8 Å². The van der Waals surface area contributed by atoms with Gasteiger partial charge in [0.1, 0.15) is 15.3 Å². The van der Waals surface area contributed by atoms with Gasteiger partial charge in [0.05, 0.1) is 7.11 Å². The van der Waals surface area contributed by atoms with Crippen molar-refractivity contribution in [3.63, 3.8) is 0 Å². The third-order valence-electron chi connectivity index (χ3n) is 3.14. The molecule has 0 bridgehead atoms. The Kier molecular flexibility index (Phi) is 4.38. The minimum absolute atomic E-state index is 0.00262. The largest absolute Gasteiger partial charge is 0.510 e. The predicted octanol–water partition coefficient (Wildman–Crippen LogP) is 1.14. The van der Waals surface area contributed by atoms with E-state index in [-0.39, 0.29) is 15.2 Å². The summed E-state index contributed by atoms with van der Waals surface area (Å²) < 4.78 is 13.1. The number of carbonyl (C=O) groups is 3. The Morgan fingerprint density at radius 2 is 2.05 bits per heavy atom. The molecule has 2 heterocycles. The molecule has 0 unspecified atom stereocenters. The number of carbonyl (C=O) groups excluding carboxylic acids is 3. The second kappa shape index (κ2) is 5.58. The fraction of sp³-hybridized carbons (Fsp3) is 0.727. The van der Waals surface area contributed by atoms with Crippen LogP contribution in [0.4, 0.5) is 4.79 Å². The molecular weight excluding hydrogens is 401 g/mol. The molecule has 0 saturated carbocycles. The SMILES string of the molecule is COC(=O)OCOC(=O)[C@@H]1N2C(=O)[C@@H](I)[C@H]2SC1(C)C. The van der Waals surface area contributed by atoms with Gasteiger partial charge in [-0.2, -0.15) is 0 Å². The highest BCUT2D eigenvalue weighted by Crippen LogP contribution is 2.53. The highest BCUT2D eigenvalue weighted by Gasteiger charge is 2.63. The lowest BCUT2D eigenvalue weighted by molar-refractivity contribution is -0.167. The van der Waals surface area contributed by atoms with Crippen molar-refractivity contribution in [2.24, 2.45) is 0 Å². The Labute approximate surface area is 133 Å². The number of ether oxygens (including phenoxy) is 3. The van der Waals surface area contributed by atoms with Gasteiger partial charge in [0, 0.05) is 4.75 Å². The molecule has 112 valence electrons. The van der Waals surface area contributed by atoms with Gasteiger partial charge in [0.15, 0.2) is 0 Å². The van der Waals surface area contributed by atoms with E-state index in [2.05, 4.69) is 32.1 Å². The molecule has 0 spiro atoms. The molecule has 20 heavy (non-hydrogen) atoms. The lowest BCUT2D eigenvalue weighted by atomic mass is 9.98. The number of fused-ring (bicyclic) bond motifs is 1. The zero-order valence-corrected chi connectivity index (χ0v) is 14.1. The number of nitrogens with zero attached hydrogens (tertiary/aromatic N) is 1. The van der Waals surface area contributed by atoms with E-state index in [0.717, 1.165) is 7.11 Å². The molecule has 9 heteroatoms. The maximum absolute atomic E-state index is 12.1. The first-order valence-corrected chi connectivity index (χ1v) is 7.93. The first-order valence-electron chi connectivity index (χ1n) is 5.81. The Morgan fingerprint density at radius 3 is 2.65 bits per heavy atom. The molecule has 2 rings (SSSR count). The van der Waals surface area contributed by atoms with Crippen LogP contribution < -0.4 is 0 Å². The molecule has 0 radical (unpaired) electrons. The number of methoxy groups -OCH3 is 1.